The monoisotopic (exact) mass is 265 g/mol. The minimum atomic E-state index is -0.188. The Labute approximate surface area is 107 Å². The molecule has 3 rings (SSSR count). The van der Waals surface area contributed by atoms with Gasteiger partial charge in [-0.2, -0.15) is 0 Å². The molecule has 1 aromatic rings. The number of thioether (sulfide) groups is 1. The van der Waals surface area contributed by atoms with Crippen molar-refractivity contribution in [2.45, 2.75) is 11.3 Å². The number of allylic oxidation sites excluding steroid dienone is 1. The van der Waals surface area contributed by atoms with Crippen LogP contribution in [0.5, 0.6) is 5.88 Å². The summed E-state index contributed by atoms with van der Waals surface area (Å²) in [7, 11) is 1.66. The molecular formula is C11H9N2O2S2-. The standard InChI is InChI=1S/C11H10N2O2S2/c1-15-6-2-3-7-8(4-6)17-11(12-7)10-13-9(14)5-16-10/h2-5,7-8,14H,1H3/p-1. The molecule has 2 atom stereocenters. The molecule has 2 unspecified atom stereocenters. The maximum atomic E-state index is 11.0. The van der Waals surface area contributed by atoms with Crippen molar-refractivity contribution in [2.75, 3.05) is 7.11 Å². The number of thiazole rings is 1. The van der Waals surface area contributed by atoms with Crippen LogP contribution in [0.1, 0.15) is 5.01 Å². The Morgan fingerprint density at radius 1 is 1.47 bits per heavy atom. The van der Waals surface area contributed by atoms with Crippen molar-refractivity contribution < 1.29 is 9.84 Å². The second-order valence-electron chi connectivity index (χ2n) is 3.63. The van der Waals surface area contributed by atoms with Gasteiger partial charge in [0, 0.05) is 5.38 Å². The van der Waals surface area contributed by atoms with Crippen LogP contribution in [0.15, 0.2) is 34.4 Å². The van der Waals surface area contributed by atoms with Crippen LogP contribution in [0, 0.1) is 0 Å². The fraction of sp³-hybridized carbons (Fsp3) is 0.273. The van der Waals surface area contributed by atoms with Gasteiger partial charge in [-0.15, -0.1) is 11.3 Å². The minimum Gasteiger partial charge on any atom is -0.858 e. The van der Waals surface area contributed by atoms with Gasteiger partial charge in [0.25, 0.3) is 0 Å². The van der Waals surface area contributed by atoms with E-state index in [-0.39, 0.29) is 17.2 Å². The lowest BCUT2D eigenvalue weighted by Gasteiger charge is -2.15. The smallest absolute Gasteiger partial charge is 0.147 e. The highest BCUT2D eigenvalue weighted by atomic mass is 32.2. The highest BCUT2D eigenvalue weighted by molar-refractivity contribution is 8.15. The fourth-order valence-electron chi connectivity index (χ4n) is 1.73. The van der Waals surface area contributed by atoms with E-state index in [9.17, 15) is 5.11 Å². The Bertz CT molecular complexity index is 533. The number of nitrogens with zero attached hydrogens (tertiary/aromatic N) is 2. The van der Waals surface area contributed by atoms with Gasteiger partial charge in [0.15, 0.2) is 0 Å². The van der Waals surface area contributed by atoms with E-state index in [1.807, 2.05) is 12.2 Å². The van der Waals surface area contributed by atoms with Crippen LogP contribution >= 0.6 is 23.1 Å². The molecule has 0 aromatic carbocycles. The third-order valence-electron chi connectivity index (χ3n) is 2.54. The van der Waals surface area contributed by atoms with Crippen molar-refractivity contribution in [1.82, 2.24) is 4.98 Å². The average Bonchev–Trinajstić information content (AvgIpc) is 2.93. The molecule has 0 radical (unpaired) electrons. The Morgan fingerprint density at radius 3 is 3.06 bits per heavy atom. The summed E-state index contributed by atoms with van der Waals surface area (Å²) >= 11 is 2.98. The second kappa shape index (κ2) is 4.19. The van der Waals surface area contributed by atoms with E-state index in [1.165, 1.54) is 16.7 Å². The largest absolute Gasteiger partial charge is 0.858 e. The Hall–Kier alpha value is -1.27. The zero-order chi connectivity index (χ0) is 11.8. The quantitative estimate of drug-likeness (QED) is 0.814. The maximum Gasteiger partial charge on any atom is 0.147 e. The first kappa shape index (κ1) is 10.9. The summed E-state index contributed by atoms with van der Waals surface area (Å²) in [4.78, 5) is 8.49. The Balaban J connectivity index is 1.85. The molecule has 0 saturated heterocycles. The molecule has 4 nitrogen and oxygen atoms in total. The van der Waals surface area contributed by atoms with E-state index in [0.29, 0.717) is 0 Å². The van der Waals surface area contributed by atoms with Gasteiger partial charge in [-0.3, -0.25) is 9.98 Å². The molecular weight excluding hydrogens is 256 g/mol. The Kier molecular flexibility index (Phi) is 2.68. The molecule has 0 amide bonds. The molecule has 0 N–H and O–H groups in total. The van der Waals surface area contributed by atoms with E-state index in [0.717, 1.165) is 15.8 Å². The van der Waals surface area contributed by atoms with E-state index >= 15 is 0 Å². The van der Waals surface area contributed by atoms with E-state index < -0.39 is 0 Å². The zero-order valence-corrected chi connectivity index (χ0v) is 10.6. The van der Waals surface area contributed by atoms with Gasteiger partial charge in [0.05, 0.1) is 18.4 Å². The van der Waals surface area contributed by atoms with Crippen molar-refractivity contribution in [1.29, 1.82) is 0 Å². The molecule has 0 spiro atoms. The van der Waals surface area contributed by atoms with Crippen LogP contribution in [0.3, 0.4) is 0 Å². The lowest BCUT2D eigenvalue weighted by atomic mass is 10.1. The van der Waals surface area contributed by atoms with Crippen LogP contribution in [-0.2, 0) is 4.74 Å². The summed E-state index contributed by atoms with van der Waals surface area (Å²) in [5, 5.41) is 14.4. The fourth-order valence-corrected chi connectivity index (χ4v) is 3.66. The van der Waals surface area contributed by atoms with Crippen LogP contribution < -0.4 is 5.11 Å². The highest BCUT2D eigenvalue weighted by Gasteiger charge is 2.31. The summed E-state index contributed by atoms with van der Waals surface area (Å²) in [6.45, 7) is 0. The predicted octanol–water partition coefficient (Wildman–Crippen LogP) is 1.55. The van der Waals surface area contributed by atoms with Crippen molar-refractivity contribution in [3.05, 3.63) is 34.4 Å². The molecule has 1 aliphatic heterocycles. The molecule has 1 aliphatic carbocycles. The van der Waals surface area contributed by atoms with E-state index in [2.05, 4.69) is 16.1 Å². The minimum absolute atomic E-state index is 0.132. The first-order valence-corrected chi connectivity index (χ1v) is 6.83. The molecule has 17 heavy (non-hydrogen) atoms. The third-order valence-corrected chi connectivity index (χ3v) is 4.70. The van der Waals surface area contributed by atoms with Gasteiger partial charge in [-0.05, 0) is 18.0 Å². The number of hydrogen-bond donors (Lipinski definition) is 0. The highest BCUT2D eigenvalue weighted by Crippen LogP contribution is 2.36. The van der Waals surface area contributed by atoms with Crippen molar-refractivity contribution in [2.24, 2.45) is 4.99 Å². The summed E-state index contributed by atoms with van der Waals surface area (Å²) in [5.41, 5.74) is 0. The third kappa shape index (κ3) is 1.98. The summed E-state index contributed by atoms with van der Waals surface area (Å²) in [6.07, 6.45) is 6.00. The predicted molar refractivity (Wildman–Crippen MR) is 67.5 cm³/mol. The molecule has 0 bridgehead atoms. The van der Waals surface area contributed by atoms with Crippen LogP contribution in [-0.4, -0.2) is 28.4 Å². The number of aromatic nitrogens is 1. The lowest BCUT2D eigenvalue weighted by molar-refractivity contribution is -0.274. The molecule has 2 aliphatic rings. The summed E-state index contributed by atoms with van der Waals surface area (Å²) in [5.74, 6) is 0.672. The number of aliphatic imine (C=N–C) groups is 1. The van der Waals surface area contributed by atoms with Crippen LogP contribution in [0.25, 0.3) is 0 Å². The lowest BCUT2D eigenvalue weighted by Crippen LogP contribution is -2.16. The molecule has 2 heterocycles. The van der Waals surface area contributed by atoms with E-state index in [4.69, 9.17) is 4.74 Å². The zero-order valence-electron chi connectivity index (χ0n) is 8.99. The van der Waals surface area contributed by atoms with E-state index in [1.54, 1.807) is 18.9 Å². The topological polar surface area (TPSA) is 57.5 Å². The number of ether oxygens (including phenoxy) is 1. The van der Waals surface area contributed by atoms with Crippen molar-refractivity contribution >= 4 is 28.1 Å². The van der Waals surface area contributed by atoms with Crippen molar-refractivity contribution in [3.63, 3.8) is 0 Å². The second-order valence-corrected chi connectivity index (χ2v) is 5.66. The normalized spacial score (nSPS) is 26.4. The van der Waals surface area contributed by atoms with Crippen LogP contribution in [0.4, 0.5) is 0 Å². The van der Waals surface area contributed by atoms with Gasteiger partial charge in [0.2, 0.25) is 0 Å². The van der Waals surface area contributed by atoms with Gasteiger partial charge in [0.1, 0.15) is 15.8 Å². The summed E-state index contributed by atoms with van der Waals surface area (Å²) in [6, 6.07) is 0.132. The average molecular weight is 265 g/mol. The number of rotatable bonds is 2. The first-order valence-electron chi connectivity index (χ1n) is 5.07. The molecule has 88 valence electrons. The Morgan fingerprint density at radius 2 is 2.35 bits per heavy atom. The SMILES string of the molecule is COC1=CC2SC(c3nc([O-])cs3)=NC2C=C1. The molecule has 6 heteroatoms. The molecule has 0 fully saturated rings. The number of fused-ring (bicyclic) bond motifs is 1. The summed E-state index contributed by atoms with van der Waals surface area (Å²) < 4.78 is 5.19. The molecule has 0 saturated carbocycles. The number of methoxy groups -OCH3 is 1. The van der Waals surface area contributed by atoms with Gasteiger partial charge < -0.3 is 9.84 Å². The maximum absolute atomic E-state index is 11.0. The van der Waals surface area contributed by atoms with Crippen molar-refractivity contribution in [3.8, 4) is 5.88 Å². The van der Waals surface area contributed by atoms with Crippen LogP contribution in [0.2, 0.25) is 0 Å². The van der Waals surface area contributed by atoms with Gasteiger partial charge in [-0.1, -0.05) is 17.8 Å². The number of hydrogen-bond acceptors (Lipinski definition) is 6. The van der Waals surface area contributed by atoms with Gasteiger partial charge in [-0.25, -0.2) is 0 Å². The van der Waals surface area contributed by atoms with Gasteiger partial charge >= 0.3 is 0 Å². The molecule has 1 aromatic heterocycles. The first-order chi connectivity index (χ1) is 8.26.